The largest absolute Gasteiger partial charge is 0.381 e. The lowest BCUT2D eigenvalue weighted by atomic mass is 9.93. The quantitative estimate of drug-likeness (QED) is 0.0474. The van der Waals surface area contributed by atoms with Crippen molar-refractivity contribution >= 4 is 115 Å². The van der Waals surface area contributed by atoms with Gasteiger partial charge in [-0.3, -0.25) is 29.3 Å². The first-order chi connectivity index (χ1) is 52.3. The van der Waals surface area contributed by atoms with E-state index in [1.54, 1.807) is 54.6 Å². The Balaban J connectivity index is 0.000000146. The third kappa shape index (κ3) is 18.7. The fraction of sp³-hybridized carbons (Fsp3) is 0.480. The van der Waals surface area contributed by atoms with Gasteiger partial charge in [0.25, 0.3) is 37.0 Å². The number of aliphatic imine (C=N–C) groups is 3. The molecule has 0 bridgehead atoms. The van der Waals surface area contributed by atoms with Crippen molar-refractivity contribution in [1.82, 2.24) is 15.0 Å². The van der Waals surface area contributed by atoms with Crippen molar-refractivity contribution in [2.45, 2.75) is 166 Å². The minimum absolute atomic E-state index is 0.00689. The second kappa shape index (κ2) is 31.4. The Labute approximate surface area is 630 Å². The summed E-state index contributed by atoms with van der Waals surface area (Å²) < 4.78 is 253. The van der Waals surface area contributed by atoms with E-state index >= 15 is 0 Å². The van der Waals surface area contributed by atoms with Crippen molar-refractivity contribution in [2.24, 2.45) is 32.7 Å². The van der Waals surface area contributed by atoms with E-state index in [2.05, 4.69) is 45.9 Å². The number of fused-ring (bicyclic) bond motifs is 3. The average Bonchev–Trinajstić information content (AvgIpc) is 1.71. The van der Waals surface area contributed by atoms with Gasteiger partial charge in [-0.2, -0.15) is 0 Å². The summed E-state index contributed by atoms with van der Waals surface area (Å²) in [6.45, 7) is 3.43. The summed E-state index contributed by atoms with van der Waals surface area (Å²) in [6.07, 6.45) is -3.66. The summed E-state index contributed by atoms with van der Waals surface area (Å²) in [5.41, 5.74) is 3.45. The number of rotatable bonds is 24. The van der Waals surface area contributed by atoms with E-state index < -0.39 is 157 Å². The fourth-order valence-corrected chi connectivity index (χ4v) is 16.9. The maximum Gasteiger partial charge on any atom is 0.277 e. The normalized spacial score (nSPS) is 22.5. The Hall–Kier alpha value is -8.58. The number of sulfone groups is 3. The number of hydrogen-bond acceptors (Lipinski definition) is 21. The number of ketones is 3. The molecule has 6 fully saturated rings. The number of alkyl halides is 12. The van der Waals surface area contributed by atoms with E-state index in [0.717, 1.165) is 74.0 Å². The monoisotopic (exact) mass is 1620 g/mol. The number of nitrogens with zero attached hydrogens (tertiary/aromatic N) is 6. The summed E-state index contributed by atoms with van der Waals surface area (Å²) in [5, 5.41) is 8.95. The molecule has 36 heteroatoms. The summed E-state index contributed by atoms with van der Waals surface area (Å²) in [5.74, 6) is -15.1. The van der Waals surface area contributed by atoms with Crippen LogP contribution in [0.5, 0.6) is 0 Å². The highest BCUT2D eigenvalue weighted by molar-refractivity contribution is 7.91. The van der Waals surface area contributed by atoms with Crippen LogP contribution in [0.15, 0.2) is 102 Å². The highest BCUT2D eigenvalue weighted by atomic mass is 32.2. The lowest BCUT2D eigenvalue weighted by Gasteiger charge is -2.23. The molecule has 6 aliphatic heterocycles. The van der Waals surface area contributed by atoms with Crippen LogP contribution in [-0.4, -0.2) is 170 Å². The number of Topliss-reactive ketones (excluding diaryl/α,β-unsaturated/α-hetero) is 3. The van der Waals surface area contributed by atoms with Crippen LogP contribution in [0.4, 0.5) is 104 Å². The summed E-state index contributed by atoms with van der Waals surface area (Å²) in [4.78, 5) is 61.7. The van der Waals surface area contributed by atoms with Gasteiger partial charge in [0.1, 0.15) is 34.4 Å². The fourth-order valence-electron chi connectivity index (χ4n) is 14.3. The van der Waals surface area contributed by atoms with Crippen molar-refractivity contribution in [3.05, 3.63) is 124 Å². The Morgan fingerprint density at radius 1 is 0.414 bits per heavy atom. The lowest BCUT2D eigenvalue weighted by molar-refractivity contribution is -0.122. The van der Waals surface area contributed by atoms with Crippen LogP contribution in [-0.2, 0) is 96.6 Å². The summed E-state index contributed by atoms with van der Waals surface area (Å²) in [7, 11) is -11.1. The van der Waals surface area contributed by atoms with Crippen LogP contribution in [0, 0.1) is 17.8 Å². The van der Waals surface area contributed by atoms with Crippen LogP contribution < -0.4 is 16.0 Å². The molecule has 9 heterocycles. The molecule has 15 rings (SSSR count). The lowest BCUT2D eigenvalue weighted by Crippen LogP contribution is -2.16. The van der Waals surface area contributed by atoms with Gasteiger partial charge >= 0.3 is 0 Å². The van der Waals surface area contributed by atoms with Gasteiger partial charge in [-0.25, -0.2) is 92.9 Å². The zero-order chi connectivity index (χ0) is 79.6. The van der Waals surface area contributed by atoms with E-state index in [4.69, 9.17) is 14.2 Å². The second-order valence-electron chi connectivity index (χ2n) is 29.3. The van der Waals surface area contributed by atoms with Crippen LogP contribution in [0.25, 0.3) is 0 Å². The first kappa shape index (κ1) is 80.5. The molecular formula is C75H75F12N9O12S3. The van der Waals surface area contributed by atoms with Crippen LogP contribution in [0.3, 0.4) is 0 Å². The Kier molecular flexibility index (Phi) is 22.8. The predicted molar refractivity (Wildman–Crippen MR) is 385 cm³/mol. The number of halogens is 12. The van der Waals surface area contributed by atoms with Crippen molar-refractivity contribution < 1.29 is 107 Å². The Morgan fingerprint density at radius 2 is 0.667 bits per heavy atom. The SMILES string of the molecule is CS(=O)(=O)c1cc([C@@H]2CCCOC2)ccc1Nc1cc(CC(=O)C2CC2(F)F)nc2c1N=C(C(F)F)C2.CS(=O)(=O)c1cc([C@@H]2CCCOC2)ccc1Nc1cc(CC(=O)C2CC2(F)F)nc2c1N=C(C(F)F)C2.CS(=O)(=O)c1cc([C@@H]2CCCOC2)ccc1Nc1cc(CC(=O)C2CC2(F)F)nc2c1N=C(C(F)F)C2. The number of nitrogens with one attached hydrogen (secondary N) is 3. The average molecular weight is 1620 g/mol. The molecule has 0 radical (unpaired) electrons. The van der Waals surface area contributed by atoms with Crippen molar-refractivity contribution in [1.29, 1.82) is 0 Å². The van der Waals surface area contributed by atoms with Gasteiger partial charge in [0.05, 0.1) is 138 Å². The van der Waals surface area contributed by atoms with Crippen molar-refractivity contribution in [3.63, 3.8) is 0 Å². The van der Waals surface area contributed by atoms with Crippen LogP contribution in [0.1, 0.15) is 126 Å². The molecule has 0 amide bonds. The number of pyridine rings is 3. The number of hydrogen-bond donors (Lipinski definition) is 3. The van der Waals surface area contributed by atoms with Crippen LogP contribution >= 0.6 is 0 Å². The number of anilines is 6. The highest BCUT2D eigenvalue weighted by Gasteiger charge is 2.62. The van der Waals surface area contributed by atoms with Gasteiger partial charge in [0, 0.05) is 114 Å². The van der Waals surface area contributed by atoms with E-state index in [1.807, 2.05) is 0 Å². The number of ether oxygens (including phenoxy) is 3. The van der Waals surface area contributed by atoms with Gasteiger partial charge in [0.2, 0.25) is 0 Å². The highest BCUT2D eigenvalue weighted by Crippen LogP contribution is 2.53. The zero-order valence-corrected chi connectivity index (χ0v) is 62.3. The zero-order valence-electron chi connectivity index (χ0n) is 59.8. The van der Waals surface area contributed by atoms with Crippen molar-refractivity contribution in [2.75, 3.05) is 74.4 Å². The molecule has 0 spiro atoms. The molecule has 111 heavy (non-hydrogen) atoms. The Bertz CT molecular complexity index is 4670. The first-order valence-corrected chi connectivity index (χ1v) is 41.4. The predicted octanol–water partition coefficient (Wildman–Crippen LogP) is 14.3. The van der Waals surface area contributed by atoms with E-state index in [9.17, 15) is 92.3 Å². The number of carbonyl (C=O) groups is 3. The maximum atomic E-state index is 13.4. The van der Waals surface area contributed by atoms with Gasteiger partial charge in [0.15, 0.2) is 29.5 Å². The number of benzene rings is 3. The summed E-state index contributed by atoms with van der Waals surface area (Å²) >= 11 is 0. The first-order valence-electron chi connectivity index (χ1n) is 35.7. The van der Waals surface area contributed by atoms with E-state index in [-0.39, 0.29) is 137 Å². The molecule has 21 nitrogen and oxygen atoms in total. The van der Waals surface area contributed by atoms with Gasteiger partial charge in [-0.15, -0.1) is 0 Å². The molecule has 3 N–H and O–H groups in total. The number of carbonyl (C=O) groups excluding carboxylic acids is 3. The smallest absolute Gasteiger partial charge is 0.277 e. The minimum atomic E-state index is -3.71. The minimum Gasteiger partial charge on any atom is -0.381 e. The molecule has 3 unspecified atom stereocenters. The molecule has 3 saturated carbocycles. The third-order valence-electron chi connectivity index (χ3n) is 20.6. The molecule has 3 aromatic carbocycles. The molecule has 3 saturated heterocycles. The Morgan fingerprint density at radius 3 is 0.874 bits per heavy atom. The van der Waals surface area contributed by atoms with E-state index in [1.165, 1.54) is 18.2 Å². The molecule has 9 aliphatic rings. The molecule has 594 valence electrons. The number of aromatic nitrogens is 3. The van der Waals surface area contributed by atoms with Crippen LogP contribution in [0.2, 0.25) is 0 Å². The van der Waals surface area contributed by atoms with Crippen molar-refractivity contribution in [3.8, 4) is 0 Å². The molecule has 3 aliphatic carbocycles. The van der Waals surface area contributed by atoms with Gasteiger partial charge < -0.3 is 30.2 Å². The standard InChI is InChI=1S/3C25H25F4N3O4S/c3*1-37(34,35)22-7-13(14-3-2-6-36-12-14)4-5-17(22)31-18-8-15(9-21(33)16-11-25(16,28)29)30-19-10-20(24(26)27)32-23(18)19/h3*4-5,7-8,14,16,24H,2-3,6,9-12H2,1H3,(H,30,31)/t3*14-,16?/m111/s1. The van der Waals surface area contributed by atoms with E-state index in [0.29, 0.717) is 39.6 Å². The molecular weight excluding hydrogens is 1540 g/mol. The van der Waals surface area contributed by atoms with Gasteiger partial charge in [-0.1, -0.05) is 18.2 Å². The summed E-state index contributed by atoms with van der Waals surface area (Å²) in [6, 6.07) is 19.0. The molecule has 6 atom stereocenters. The molecule has 6 aromatic rings. The topological polar surface area (TPSA) is 293 Å². The second-order valence-corrected chi connectivity index (χ2v) is 35.2. The maximum absolute atomic E-state index is 13.4. The van der Waals surface area contributed by atoms with Gasteiger partial charge in [-0.05, 0) is 110 Å². The third-order valence-corrected chi connectivity index (χ3v) is 24.0. The molecule has 3 aromatic heterocycles.